The van der Waals surface area contributed by atoms with Crippen LogP contribution in [0.25, 0.3) is 0 Å². The zero-order valence-corrected chi connectivity index (χ0v) is 24.5. The summed E-state index contributed by atoms with van der Waals surface area (Å²) in [5.74, 6) is -2.89. The number of hydrogen-bond acceptors (Lipinski definition) is 8. The normalized spacial score (nSPS) is 31.0. The average Bonchev–Trinajstić information content (AvgIpc) is 3.57. The molecule has 42 heavy (non-hydrogen) atoms. The molecule has 4 saturated heterocycles. The Hall–Kier alpha value is -3.05. The Morgan fingerprint density at radius 1 is 1.19 bits per heavy atom. The van der Waals surface area contributed by atoms with Gasteiger partial charge >= 0.3 is 5.97 Å². The number of fused-ring (bicyclic) bond motifs is 1. The number of nitrogens with zero attached hydrogens (tertiary/aromatic N) is 3. The predicted molar refractivity (Wildman–Crippen MR) is 155 cm³/mol. The highest BCUT2D eigenvalue weighted by Crippen LogP contribution is 2.64. The Bertz CT molecular complexity index is 1170. The molecule has 228 valence electrons. The molecule has 0 aromatic heterocycles. The SMILES string of the molecule is C=CCCOC(=O)[C@@H]1[C@H]2C(=O)N([C@H](CO)c3ccccc3)C(C(=O)N(CC=C)CCN3CCOCC3)C23CC[C@@]1(C)O3. The van der Waals surface area contributed by atoms with E-state index in [1.54, 1.807) is 17.1 Å². The highest BCUT2D eigenvalue weighted by atomic mass is 16.6. The van der Waals surface area contributed by atoms with Crippen molar-refractivity contribution in [3.05, 3.63) is 61.2 Å². The van der Waals surface area contributed by atoms with Crippen molar-refractivity contribution in [1.29, 1.82) is 0 Å². The van der Waals surface area contributed by atoms with E-state index in [-0.39, 0.29) is 25.0 Å². The summed E-state index contributed by atoms with van der Waals surface area (Å²) in [4.78, 5) is 48.2. The number of esters is 1. The molecule has 4 aliphatic heterocycles. The van der Waals surface area contributed by atoms with E-state index in [1.807, 2.05) is 37.3 Å². The van der Waals surface area contributed by atoms with Crippen molar-refractivity contribution in [1.82, 2.24) is 14.7 Å². The van der Waals surface area contributed by atoms with Crippen molar-refractivity contribution >= 4 is 17.8 Å². The smallest absolute Gasteiger partial charge is 0.312 e. The second-order valence-corrected chi connectivity index (χ2v) is 11.9. The molecule has 2 unspecified atom stereocenters. The Labute approximate surface area is 247 Å². The maximum absolute atomic E-state index is 14.7. The van der Waals surface area contributed by atoms with Gasteiger partial charge in [-0.25, -0.2) is 0 Å². The predicted octanol–water partition coefficient (Wildman–Crippen LogP) is 1.95. The standard InChI is InChI=1S/C32H43N3O7/c1-4-6-19-41-30(39)26-25-28(37)35(24(22-36)23-10-8-7-9-11-23)27(32(25)13-12-31(26,3)42-32)29(38)34(14-5-2)16-15-33-17-20-40-21-18-33/h4-5,7-11,24-27,36H,1-2,6,12-22H2,3H3/t24-,25+,26+,27?,31-,32?/m1/s1. The molecule has 4 aliphatic rings. The molecule has 0 radical (unpaired) electrons. The molecule has 1 N–H and O–H groups in total. The highest BCUT2D eigenvalue weighted by Gasteiger charge is 2.79. The van der Waals surface area contributed by atoms with Gasteiger partial charge in [0.25, 0.3) is 0 Å². The van der Waals surface area contributed by atoms with Crippen LogP contribution in [0.2, 0.25) is 0 Å². The van der Waals surface area contributed by atoms with Crippen LogP contribution < -0.4 is 0 Å². The van der Waals surface area contributed by atoms with Crippen LogP contribution >= 0.6 is 0 Å². The van der Waals surface area contributed by atoms with E-state index < -0.39 is 41.1 Å². The minimum atomic E-state index is -1.22. The van der Waals surface area contributed by atoms with E-state index in [0.717, 1.165) is 13.1 Å². The van der Waals surface area contributed by atoms with Gasteiger partial charge < -0.3 is 29.1 Å². The number of amides is 2. The molecule has 0 saturated carbocycles. The maximum atomic E-state index is 14.7. The van der Waals surface area contributed by atoms with Gasteiger partial charge in [0, 0.05) is 32.7 Å². The van der Waals surface area contributed by atoms with Crippen LogP contribution in [0.1, 0.15) is 37.8 Å². The quantitative estimate of drug-likeness (QED) is 0.214. The van der Waals surface area contributed by atoms with Crippen molar-refractivity contribution < 1.29 is 33.7 Å². The number of carbonyl (C=O) groups excluding carboxylic acids is 3. The summed E-state index contributed by atoms with van der Waals surface area (Å²) in [5, 5.41) is 10.7. The lowest BCUT2D eigenvalue weighted by atomic mass is 9.66. The van der Waals surface area contributed by atoms with Crippen molar-refractivity contribution in [2.24, 2.45) is 11.8 Å². The number of aliphatic hydroxyl groups is 1. The van der Waals surface area contributed by atoms with Gasteiger partial charge in [-0.1, -0.05) is 42.5 Å². The van der Waals surface area contributed by atoms with E-state index in [9.17, 15) is 19.5 Å². The number of aliphatic hydroxyl groups excluding tert-OH is 1. The Morgan fingerprint density at radius 2 is 1.93 bits per heavy atom. The lowest BCUT2D eigenvalue weighted by Gasteiger charge is -2.40. The van der Waals surface area contributed by atoms with Crippen LogP contribution in [0.15, 0.2) is 55.6 Å². The molecule has 4 heterocycles. The van der Waals surface area contributed by atoms with Crippen molar-refractivity contribution in [3.63, 3.8) is 0 Å². The summed E-state index contributed by atoms with van der Waals surface area (Å²) in [7, 11) is 0. The number of rotatable bonds is 13. The van der Waals surface area contributed by atoms with Crippen LogP contribution in [0.4, 0.5) is 0 Å². The van der Waals surface area contributed by atoms with E-state index in [4.69, 9.17) is 14.2 Å². The van der Waals surface area contributed by atoms with E-state index in [1.165, 1.54) is 4.90 Å². The summed E-state index contributed by atoms with van der Waals surface area (Å²) in [6.45, 7) is 13.4. The average molecular weight is 582 g/mol. The third kappa shape index (κ3) is 5.30. The summed E-state index contributed by atoms with van der Waals surface area (Å²) in [5.41, 5.74) is -1.45. The van der Waals surface area contributed by atoms with Gasteiger partial charge in [-0.05, 0) is 31.7 Å². The number of carbonyl (C=O) groups is 3. The zero-order chi connectivity index (χ0) is 29.9. The molecule has 10 heteroatoms. The van der Waals surface area contributed by atoms with Gasteiger partial charge in [-0.3, -0.25) is 19.3 Å². The summed E-state index contributed by atoms with van der Waals surface area (Å²) in [6.07, 6.45) is 4.80. The molecule has 1 aromatic rings. The highest BCUT2D eigenvalue weighted by molar-refractivity contribution is 5.98. The van der Waals surface area contributed by atoms with Crippen LogP contribution in [0.3, 0.4) is 0 Å². The molecule has 6 atom stereocenters. The lowest BCUT2D eigenvalue weighted by molar-refractivity contribution is -0.162. The minimum Gasteiger partial charge on any atom is -0.465 e. The number of ether oxygens (including phenoxy) is 3. The number of likely N-dealkylation sites (tertiary alicyclic amines) is 1. The lowest BCUT2D eigenvalue weighted by Crippen LogP contribution is -2.58. The van der Waals surface area contributed by atoms with Gasteiger partial charge in [0.05, 0.1) is 44.0 Å². The monoisotopic (exact) mass is 581 g/mol. The molecule has 4 fully saturated rings. The van der Waals surface area contributed by atoms with Crippen LogP contribution in [-0.2, 0) is 28.6 Å². The first-order valence-electron chi connectivity index (χ1n) is 15.0. The molecule has 1 spiro atoms. The molecule has 1 aromatic carbocycles. The molecule has 10 nitrogen and oxygen atoms in total. The van der Waals surface area contributed by atoms with Gasteiger partial charge in [-0.15, -0.1) is 13.2 Å². The summed E-state index contributed by atoms with van der Waals surface area (Å²) >= 11 is 0. The Morgan fingerprint density at radius 3 is 2.60 bits per heavy atom. The number of benzene rings is 1. The third-order valence-corrected chi connectivity index (χ3v) is 9.41. The molecule has 2 amide bonds. The fraction of sp³-hybridized carbons (Fsp3) is 0.594. The largest absolute Gasteiger partial charge is 0.465 e. The van der Waals surface area contributed by atoms with Gasteiger partial charge in [0.15, 0.2) is 0 Å². The van der Waals surface area contributed by atoms with Crippen molar-refractivity contribution in [2.45, 2.75) is 49.5 Å². The first-order valence-corrected chi connectivity index (χ1v) is 15.0. The van der Waals surface area contributed by atoms with E-state index in [2.05, 4.69) is 18.1 Å². The fourth-order valence-corrected chi connectivity index (χ4v) is 7.41. The van der Waals surface area contributed by atoms with Crippen molar-refractivity contribution in [3.8, 4) is 0 Å². The zero-order valence-electron chi connectivity index (χ0n) is 24.5. The van der Waals surface area contributed by atoms with Gasteiger partial charge in [0.1, 0.15) is 17.6 Å². The molecular formula is C32H43N3O7. The summed E-state index contributed by atoms with van der Waals surface area (Å²) < 4.78 is 17.8. The van der Waals surface area contributed by atoms with Crippen LogP contribution in [-0.4, -0.2) is 114 Å². The van der Waals surface area contributed by atoms with Gasteiger partial charge in [-0.2, -0.15) is 0 Å². The fourth-order valence-electron chi connectivity index (χ4n) is 7.41. The Kier molecular flexibility index (Phi) is 9.17. The van der Waals surface area contributed by atoms with E-state index >= 15 is 0 Å². The first-order chi connectivity index (χ1) is 20.3. The van der Waals surface area contributed by atoms with Crippen LogP contribution in [0.5, 0.6) is 0 Å². The second-order valence-electron chi connectivity index (χ2n) is 11.9. The van der Waals surface area contributed by atoms with Gasteiger partial charge in [0.2, 0.25) is 11.8 Å². The Balaban J connectivity index is 1.53. The number of hydrogen-bond donors (Lipinski definition) is 1. The first kappa shape index (κ1) is 30.4. The summed E-state index contributed by atoms with van der Waals surface area (Å²) in [6, 6.07) is 7.39. The second kappa shape index (κ2) is 12.7. The molecule has 0 aliphatic carbocycles. The molecular weight excluding hydrogens is 538 g/mol. The maximum Gasteiger partial charge on any atom is 0.312 e. The van der Waals surface area contributed by atoms with Crippen LogP contribution in [0, 0.1) is 11.8 Å². The minimum absolute atomic E-state index is 0.160. The number of morpholine rings is 1. The van der Waals surface area contributed by atoms with Crippen molar-refractivity contribution in [2.75, 3.05) is 59.2 Å². The van der Waals surface area contributed by atoms with E-state index in [0.29, 0.717) is 57.7 Å². The third-order valence-electron chi connectivity index (χ3n) is 9.41. The molecule has 5 rings (SSSR count). The topological polar surface area (TPSA) is 109 Å². The molecule has 2 bridgehead atoms.